The van der Waals surface area contributed by atoms with Crippen LogP contribution in [0.25, 0.3) is 0 Å². The third-order valence-electron chi connectivity index (χ3n) is 2.90. The van der Waals surface area contributed by atoms with Gasteiger partial charge in [0, 0.05) is 24.7 Å². The SMILES string of the molecule is CCOC(=O)N1CCC(Oc2cc(C)nc(C)n2)C1. The van der Waals surface area contributed by atoms with Crippen molar-refractivity contribution < 1.29 is 14.3 Å². The summed E-state index contributed by atoms with van der Waals surface area (Å²) in [7, 11) is 0. The predicted molar refractivity (Wildman–Crippen MR) is 69.1 cm³/mol. The molecule has 1 unspecified atom stereocenters. The number of ether oxygens (including phenoxy) is 2. The Kier molecular flexibility index (Phi) is 4.19. The molecular formula is C13H19N3O3. The van der Waals surface area contributed by atoms with Crippen LogP contribution in [0.3, 0.4) is 0 Å². The van der Waals surface area contributed by atoms with E-state index in [0.29, 0.717) is 31.4 Å². The van der Waals surface area contributed by atoms with Crippen molar-refractivity contribution in [3.8, 4) is 5.88 Å². The minimum Gasteiger partial charge on any atom is -0.472 e. The van der Waals surface area contributed by atoms with Crippen molar-refractivity contribution in [2.75, 3.05) is 19.7 Å². The Balaban J connectivity index is 1.93. The first-order valence-electron chi connectivity index (χ1n) is 6.49. The average Bonchev–Trinajstić information content (AvgIpc) is 2.76. The molecule has 0 saturated carbocycles. The molecule has 1 amide bonds. The molecule has 1 fully saturated rings. The van der Waals surface area contributed by atoms with E-state index in [9.17, 15) is 4.79 Å². The van der Waals surface area contributed by atoms with Crippen LogP contribution in [0.1, 0.15) is 24.9 Å². The first-order valence-corrected chi connectivity index (χ1v) is 6.49. The lowest BCUT2D eigenvalue weighted by molar-refractivity contribution is 0.109. The number of rotatable bonds is 3. The van der Waals surface area contributed by atoms with E-state index in [4.69, 9.17) is 9.47 Å². The molecular weight excluding hydrogens is 246 g/mol. The highest BCUT2D eigenvalue weighted by atomic mass is 16.6. The molecule has 1 aliphatic rings. The first-order chi connectivity index (χ1) is 9.08. The fourth-order valence-electron chi connectivity index (χ4n) is 2.12. The average molecular weight is 265 g/mol. The number of aryl methyl sites for hydroxylation is 2. The van der Waals surface area contributed by atoms with Crippen LogP contribution >= 0.6 is 0 Å². The largest absolute Gasteiger partial charge is 0.472 e. The fourth-order valence-corrected chi connectivity index (χ4v) is 2.12. The monoisotopic (exact) mass is 265 g/mol. The Morgan fingerprint density at radius 1 is 1.47 bits per heavy atom. The molecule has 1 aliphatic heterocycles. The van der Waals surface area contributed by atoms with Crippen molar-refractivity contribution in [2.24, 2.45) is 0 Å². The zero-order valence-corrected chi connectivity index (χ0v) is 11.5. The van der Waals surface area contributed by atoms with Gasteiger partial charge >= 0.3 is 6.09 Å². The Morgan fingerprint density at radius 3 is 2.95 bits per heavy atom. The second kappa shape index (κ2) is 5.86. The molecule has 1 saturated heterocycles. The smallest absolute Gasteiger partial charge is 0.409 e. The van der Waals surface area contributed by atoms with Crippen LogP contribution in [0.2, 0.25) is 0 Å². The normalized spacial score (nSPS) is 18.5. The summed E-state index contributed by atoms with van der Waals surface area (Å²) >= 11 is 0. The number of nitrogens with zero attached hydrogens (tertiary/aromatic N) is 3. The maximum absolute atomic E-state index is 11.6. The lowest BCUT2D eigenvalue weighted by atomic mass is 10.3. The van der Waals surface area contributed by atoms with Crippen LogP contribution in [-0.2, 0) is 4.74 Å². The predicted octanol–water partition coefficient (Wildman–Crippen LogP) is 1.70. The number of aromatic nitrogens is 2. The van der Waals surface area contributed by atoms with Gasteiger partial charge in [-0.2, -0.15) is 4.98 Å². The van der Waals surface area contributed by atoms with Crippen molar-refractivity contribution in [3.63, 3.8) is 0 Å². The van der Waals surface area contributed by atoms with Gasteiger partial charge in [-0.1, -0.05) is 0 Å². The summed E-state index contributed by atoms with van der Waals surface area (Å²) < 4.78 is 10.8. The summed E-state index contributed by atoms with van der Waals surface area (Å²) in [6.07, 6.45) is 0.489. The zero-order chi connectivity index (χ0) is 13.8. The highest BCUT2D eigenvalue weighted by molar-refractivity contribution is 5.67. The molecule has 6 nitrogen and oxygen atoms in total. The Morgan fingerprint density at radius 2 is 2.26 bits per heavy atom. The van der Waals surface area contributed by atoms with Gasteiger partial charge in [-0.05, 0) is 20.8 Å². The van der Waals surface area contributed by atoms with Gasteiger partial charge in [0.25, 0.3) is 0 Å². The fraction of sp³-hybridized carbons (Fsp3) is 0.615. The zero-order valence-electron chi connectivity index (χ0n) is 11.5. The van der Waals surface area contributed by atoms with Crippen molar-refractivity contribution in [1.29, 1.82) is 0 Å². The van der Waals surface area contributed by atoms with Crippen LogP contribution in [0, 0.1) is 13.8 Å². The summed E-state index contributed by atoms with van der Waals surface area (Å²) in [4.78, 5) is 21.7. The van der Waals surface area contributed by atoms with E-state index in [1.54, 1.807) is 17.9 Å². The topological polar surface area (TPSA) is 64.5 Å². The maximum atomic E-state index is 11.6. The van der Waals surface area contributed by atoms with E-state index in [-0.39, 0.29) is 12.2 Å². The third-order valence-corrected chi connectivity index (χ3v) is 2.90. The van der Waals surface area contributed by atoms with Gasteiger partial charge in [-0.15, -0.1) is 0 Å². The number of hydrogen-bond donors (Lipinski definition) is 0. The van der Waals surface area contributed by atoms with Gasteiger partial charge in [0.05, 0.1) is 13.2 Å². The lowest BCUT2D eigenvalue weighted by Gasteiger charge is -2.16. The minimum atomic E-state index is -0.274. The van der Waals surface area contributed by atoms with Crippen molar-refractivity contribution >= 4 is 6.09 Å². The van der Waals surface area contributed by atoms with E-state index >= 15 is 0 Å². The number of amides is 1. The van der Waals surface area contributed by atoms with Gasteiger partial charge in [0.15, 0.2) is 0 Å². The van der Waals surface area contributed by atoms with E-state index in [2.05, 4.69) is 9.97 Å². The molecule has 104 valence electrons. The van der Waals surface area contributed by atoms with E-state index < -0.39 is 0 Å². The van der Waals surface area contributed by atoms with Gasteiger partial charge in [-0.3, -0.25) is 0 Å². The summed E-state index contributed by atoms with van der Waals surface area (Å²) in [6.45, 7) is 7.13. The Hall–Kier alpha value is -1.85. The number of carbonyl (C=O) groups is 1. The van der Waals surface area contributed by atoms with Gasteiger partial charge in [0.1, 0.15) is 11.9 Å². The molecule has 0 radical (unpaired) electrons. The summed E-state index contributed by atoms with van der Waals surface area (Å²) in [5, 5.41) is 0. The molecule has 0 bridgehead atoms. The van der Waals surface area contributed by atoms with Crippen molar-refractivity contribution in [1.82, 2.24) is 14.9 Å². The minimum absolute atomic E-state index is 0.0295. The van der Waals surface area contributed by atoms with Crippen LogP contribution in [-0.4, -0.2) is 46.8 Å². The van der Waals surface area contributed by atoms with Crippen LogP contribution in [0.4, 0.5) is 4.79 Å². The standard InChI is InChI=1S/C13H19N3O3/c1-4-18-13(17)16-6-5-11(8-16)19-12-7-9(2)14-10(3)15-12/h7,11H,4-6,8H2,1-3H3. The van der Waals surface area contributed by atoms with E-state index in [1.807, 2.05) is 13.8 Å². The van der Waals surface area contributed by atoms with Gasteiger partial charge < -0.3 is 14.4 Å². The second-order valence-electron chi connectivity index (χ2n) is 4.57. The molecule has 2 heterocycles. The van der Waals surface area contributed by atoms with Crippen LogP contribution in [0.5, 0.6) is 5.88 Å². The van der Waals surface area contributed by atoms with Crippen molar-refractivity contribution in [2.45, 2.75) is 33.3 Å². The third kappa shape index (κ3) is 3.56. The summed E-state index contributed by atoms with van der Waals surface area (Å²) in [5.41, 5.74) is 0.878. The molecule has 19 heavy (non-hydrogen) atoms. The molecule has 0 aromatic carbocycles. The quantitative estimate of drug-likeness (QED) is 0.832. The Bertz CT molecular complexity index is 444. The first kappa shape index (κ1) is 13.6. The lowest BCUT2D eigenvalue weighted by Crippen LogP contribution is -2.31. The molecule has 0 spiro atoms. The van der Waals surface area contributed by atoms with Crippen LogP contribution < -0.4 is 4.74 Å². The number of likely N-dealkylation sites (tertiary alicyclic amines) is 1. The highest BCUT2D eigenvalue weighted by Crippen LogP contribution is 2.18. The molecule has 1 aromatic rings. The number of carbonyl (C=O) groups excluding carboxylic acids is 1. The molecule has 6 heteroatoms. The molecule has 0 N–H and O–H groups in total. The van der Waals surface area contributed by atoms with Gasteiger partial charge in [-0.25, -0.2) is 9.78 Å². The van der Waals surface area contributed by atoms with E-state index in [1.165, 1.54) is 0 Å². The van der Waals surface area contributed by atoms with Crippen LogP contribution in [0.15, 0.2) is 6.07 Å². The summed E-state index contributed by atoms with van der Waals surface area (Å²) in [5.74, 6) is 1.26. The maximum Gasteiger partial charge on any atom is 0.409 e. The molecule has 0 aliphatic carbocycles. The van der Waals surface area contributed by atoms with E-state index in [0.717, 1.165) is 12.1 Å². The second-order valence-corrected chi connectivity index (χ2v) is 4.57. The van der Waals surface area contributed by atoms with Crippen molar-refractivity contribution in [3.05, 3.63) is 17.6 Å². The summed E-state index contributed by atoms with van der Waals surface area (Å²) in [6, 6.07) is 1.81. The highest BCUT2D eigenvalue weighted by Gasteiger charge is 2.28. The Labute approximate surface area is 112 Å². The molecule has 2 rings (SSSR count). The molecule has 1 aromatic heterocycles. The molecule has 1 atom stereocenters. The number of hydrogen-bond acceptors (Lipinski definition) is 5. The van der Waals surface area contributed by atoms with Gasteiger partial charge in [0.2, 0.25) is 5.88 Å².